The van der Waals surface area contributed by atoms with E-state index in [9.17, 15) is 4.79 Å². The van der Waals surface area contributed by atoms with Crippen molar-refractivity contribution < 1.29 is 4.79 Å². The van der Waals surface area contributed by atoms with Crippen molar-refractivity contribution in [1.29, 1.82) is 0 Å². The fraction of sp³-hybridized carbons (Fsp3) is 0.300. The first kappa shape index (κ1) is 8.94. The van der Waals surface area contributed by atoms with Crippen molar-refractivity contribution in [3.8, 4) is 0 Å². The average Bonchev–Trinajstić information content (AvgIpc) is 2.16. The Balaban J connectivity index is 2.38. The maximum Gasteiger partial charge on any atom is 0.146 e. The maximum absolute atomic E-state index is 10.9. The van der Waals surface area contributed by atoms with Gasteiger partial charge in [0, 0.05) is 6.42 Å². The van der Waals surface area contributed by atoms with Crippen LogP contribution in [0.2, 0.25) is 0 Å². The molecule has 0 fully saturated rings. The summed E-state index contributed by atoms with van der Waals surface area (Å²) in [5.41, 5.74) is 6.38. The van der Waals surface area contributed by atoms with Crippen molar-refractivity contribution in [2.75, 3.05) is 6.54 Å². The van der Waals surface area contributed by atoms with E-state index in [1.165, 1.54) is 5.56 Å². The molecule has 1 rings (SSSR count). The van der Waals surface area contributed by atoms with Crippen LogP contribution < -0.4 is 5.73 Å². The van der Waals surface area contributed by atoms with Crippen LogP contribution in [0.4, 0.5) is 0 Å². The van der Waals surface area contributed by atoms with Gasteiger partial charge in [0.15, 0.2) is 0 Å². The molecule has 0 aliphatic heterocycles. The highest BCUT2D eigenvalue weighted by atomic mass is 16.1. The van der Waals surface area contributed by atoms with E-state index in [1.54, 1.807) is 0 Å². The predicted molar refractivity (Wildman–Crippen MR) is 48.8 cm³/mol. The van der Waals surface area contributed by atoms with Crippen LogP contribution in [-0.4, -0.2) is 12.3 Å². The van der Waals surface area contributed by atoms with Gasteiger partial charge in [0.25, 0.3) is 0 Å². The molecule has 0 saturated carbocycles. The van der Waals surface area contributed by atoms with Crippen LogP contribution in [0, 0.1) is 0 Å². The van der Waals surface area contributed by atoms with Crippen LogP contribution in [0.3, 0.4) is 0 Å². The number of ketones is 1. The first-order chi connectivity index (χ1) is 5.83. The Kier molecular flexibility index (Phi) is 3.48. The number of nitrogens with two attached hydrogens (primary N) is 1. The fourth-order valence-corrected chi connectivity index (χ4v) is 1.03. The van der Waals surface area contributed by atoms with Crippen molar-refractivity contribution >= 4 is 5.78 Å². The number of rotatable bonds is 4. The third kappa shape index (κ3) is 2.84. The molecule has 64 valence electrons. The molecule has 0 saturated heterocycles. The minimum absolute atomic E-state index is 0.124. The highest BCUT2D eigenvalue weighted by Gasteiger charge is 1.98. The maximum atomic E-state index is 10.9. The summed E-state index contributed by atoms with van der Waals surface area (Å²) in [6.45, 7) is 0.160. The highest BCUT2D eigenvalue weighted by Crippen LogP contribution is 2.01. The zero-order valence-corrected chi connectivity index (χ0v) is 6.99. The Morgan fingerprint density at radius 2 is 1.92 bits per heavy atom. The van der Waals surface area contributed by atoms with Gasteiger partial charge in [-0.2, -0.15) is 0 Å². The summed E-state index contributed by atoms with van der Waals surface area (Å²) in [5, 5.41) is 0. The van der Waals surface area contributed by atoms with Gasteiger partial charge in [-0.15, -0.1) is 0 Å². The second kappa shape index (κ2) is 4.67. The second-order valence-electron chi connectivity index (χ2n) is 2.73. The zero-order valence-electron chi connectivity index (χ0n) is 6.99. The number of aryl methyl sites for hydroxylation is 1. The van der Waals surface area contributed by atoms with Gasteiger partial charge < -0.3 is 5.73 Å². The number of Topliss-reactive ketones (excluding diaryl/α,β-unsaturated/α-hetero) is 1. The van der Waals surface area contributed by atoms with Crippen LogP contribution >= 0.6 is 0 Å². The lowest BCUT2D eigenvalue weighted by atomic mass is 10.1. The van der Waals surface area contributed by atoms with Crippen molar-refractivity contribution in [2.45, 2.75) is 12.8 Å². The summed E-state index contributed by atoms with van der Waals surface area (Å²) in [6.07, 6.45) is 1.36. The Hall–Kier alpha value is -1.15. The van der Waals surface area contributed by atoms with Gasteiger partial charge in [-0.1, -0.05) is 30.3 Å². The first-order valence-corrected chi connectivity index (χ1v) is 4.08. The van der Waals surface area contributed by atoms with E-state index < -0.39 is 0 Å². The van der Waals surface area contributed by atoms with Gasteiger partial charge >= 0.3 is 0 Å². The van der Waals surface area contributed by atoms with Gasteiger partial charge in [-0.05, 0) is 12.0 Å². The van der Waals surface area contributed by atoms with E-state index in [2.05, 4.69) is 0 Å². The summed E-state index contributed by atoms with van der Waals surface area (Å²) in [4.78, 5) is 10.9. The Morgan fingerprint density at radius 1 is 1.25 bits per heavy atom. The SMILES string of the molecule is NCC(=O)CCc1ccccc1. The van der Waals surface area contributed by atoms with Gasteiger partial charge in [-0.25, -0.2) is 0 Å². The number of hydrogen-bond acceptors (Lipinski definition) is 2. The third-order valence-corrected chi connectivity index (χ3v) is 1.76. The lowest BCUT2D eigenvalue weighted by Crippen LogP contribution is -2.13. The van der Waals surface area contributed by atoms with Crippen molar-refractivity contribution in [3.05, 3.63) is 35.9 Å². The molecule has 0 aromatic heterocycles. The van der Waals surface area contributed by atoms with Crippen molar-refractivity contribution in [2.24, 2.45) is 5.73 Å². The topological polar surface area (TPSA) is 43.1 Å². The quantitative estimate of drug-likeness (QED) is 0.723. The summed E-state index contributed by atoms with van der Waals surface area (Å²) >= 11 is 0. The number of carbonyl (C=O) groups is 1. The largest absolute Gasteiger partial charge is 0.324 e. The van der Waals surface area contributed by atoms with Crippen LogP contribution in [-0.2, 0) is 11.2 Å². The molecule has 1 aromatic carbocycles. The summed E-state index contributed by atoms with van der Waals surface area (Å²) in [7, 11) is 0. The number of benzene rings is 1. The Bertz CT molecular complexity index is 243. The van der Waals surface area contributed by atoms with E-state index in [0.29, 0.717) is 6.42 Å². The normalized spacial score (nSPS) is 9.75. The molecule has 1 aromatic rings. The van der Waals surface area contributed by atoms with Crippen LogP contribution in [0.1, 0.15) is 12.0 Å². The zero-order chi connectivity index (χ0) is 8.81. The number of hydrogen-bond donors (Lipinski definition) is 1. The van der Waals surface area contributed by atoms with Gasteiger partial charge in [0.2, 0.25) is 0 Å². The lowest BCUT2D eigenvalue weighted by Gasteiger charge is -1.98. The monoisotopic (exact) mass is 163 g/mol. The minimum atomic E-state index is 0.124. The summed E-state index contributed by atoms with van der Waals surface area (Å²) in [6, 6.07) is 9.95. The Labute approximate surface area is 72.4 Å². The van der Waals surface area contributed by atoms with Crippen molar-refractivity contribution in [1.82, 2.24) is 0 Å². The average molecular weight is 163 g/mol. The van der Waals surface area contributed by atoms with Gasteiger partial charge in [0.1, 0.15) is 5.78 Å². The highest BCUT2D eigenvalue weighted by molar-refractivity contribution is 5.80. The molecule has 2 heteroatoms. The molecule has 0 radical (unpaired) electrons. The van der Waals surface area contributed by atoms with Gasteiger partial charge in [0.05, 0.1) is 6.54 Å². The van der Waals surface area contributed by atoms with E-state index in [0.717, 1.165) is 6.42 Å². The molecule has 0 aliphatic rings. The molecular formula is C10H13NO. The molecule has 0 aliphatic carbocycles. The van der Waals surface area contributed by atoms with E-state index in [-0.39, 0.29) is 12.3 Å². The van der Waals surface area contributed by atoms with E-state index in [4.69, 9.17) is 5.73 Å². The fourth-order valence-electron chi connectivity index (χ4n) is 1.03. The summed E-state index contributed by atoms with van der Waals surface area (Å²) in [5.74, 6) is 0.124. The summed E-state index contributed by atoms with van der Waals surface area (Å²) < 4.78 is 0. The molecule has 0 heterocycles. The predicted octanol–water partition coefficient (Wildman–Crippen LogP) is 1.15. The minimum Gasteiger partial charge on any atom is -0.324 e. The first-order valence-electron chi connectivity index (χ1n) is 4.08. The van der Waals surface area contributed by atoms with Crippen LogP contribution in [0.15, 0.2) is 30.3 Å². The smallest absolute Gasteiger partial charge is 0.146 e. The molecule has 0 bridgehead atoms. The standard InChI is InChI=1S/C10H13NO/c11-8-10(12)7-6-9-4-2-1-3-5-9/h1-5H,6-8,11H2. The Morgan fingerprint density at radius 3 is 2.50 bits per heavy atom. The molecule has 0 atom stereocenters. The molecule has 2 nitrogen and oxygen atoms in total. The molecular weight excluding hydrogens is 150 g/mol. The van der Waals surface area contributed by atoms with Gasteiger partial charge in [-0.3, -0.25) is 4.79 Å². The van der Waals surface area contributed by atoms with Crippen LogP contribution in [0.5, 0.6) is 0 Å². The van der Waals surface area contributed by atoms with Crippen molar-refractivity contribution in [3.63, 3.8) is 0 Å². The third-order valence-electron chi connectivity index (χ3n) is 1.76. The number of carbonyl (C=O) groups excluding carboxylic acids is 1. The molecule has 0 unspecified atom stereocenters. The molecule has 0 amide bonds. The molecule has 2 N–H and O–H groups in total. The lowest BCUT2D eigenvalue weighted by molar-refractivity contribution is -0.117. The van der Waals surface area contributed by atoms with E-state index in [1.807, 2.05) is 30.3 Å². The van der Waals surface area contributed by atoms with Crippen LogP contribution in [0.25, 0.3) is 0 Å². The second-order valence-corrected chi connectivity index (χ2v) is 2.73. The molecule has 0 spiro atoms. The molecule has 12 heavy (non-hydrogen) atoms. The van der Waals surface area contributed by atoms with E-state index >= 15 is 0 Å².